The van der Waals surface area contributed by atoms with Crippen molar-refractivity contribution >= 4 is 16.8 Å². The van der Waals surface area contributed by atoms with Gasteiger partial charge in [-0.05, 0) is 18.9 Å². The highest BCUT2D eigenvalue weighted by atomic mass is 16.5. The highest BCUT2D eigenvalue weighted by Gasteiger charge is 2.31. The van der Waals surface area contributed by atoms with Crippen LogP contribution < -0.4 is 0 Å². The molecule has 2 aliphatic rings. The van der Waals surface area contributed by atoms with Crippen LogP contribution in [0, 0.1) is 0 Å². The maximum absolute atomic E-state index is 12.5. The highest BCUT2D eigenvalue weighted by Crippen LogP contribution is 2.28. The Morgan fingerprint density at radius 3 is 3.10 bits per heavy atom. The second-order valence-corrected chi connectivity index (χ2v) is 5.64. The standard InChI is InChI=1S/C16H18N2O2/c19-16(15-6-3-9-20-15)18-8-7-14-12(10-18)11-4-1-2-5-13(11)17-14/h1-2,4-5,15,17H,3,6-10H2/t15-/m1/s1. The van der Waals surface area contributed by atoms with E-state index in [0.717, 1.165) is 32.4 Å². The Kier molecular flexibility index (Phi) is 2.77. The van der Waals surface area contributed by atoms with Crippen LogP contribution in [0.5, 0.6) is 0 Å². The lowest BCUT2D eigenvalue weighted by Gasteiger charge is -2.29. The fraction of sp³-hybridized carbons (Fsp3) is 0.438. The van der Waals surface area contributed by atoms with Gasteiger partial charge in [0.1, 0.15) is 6.10 Å². The Bertz CT molecular complexity index is 656. The number of rotatable bonds is 1. The third-order valence-electron chi connectivity index (χ3n) is 4.40. The lowest BCUT2D eigenvalue weighted by Crippen LogP contribution is -2.41. The molecule has 2 aromatic rings. The minimum absolute atomic E-state index is 0.165. The molecule has 1 N–H and O–H groups in total. The van der Waals surface area contributed by atoms with Crippen molar-refractivity contribution in [2.24, 2.45) is 0 Å². The second kappa shape index (κ2) is 4.63. The largest absolute Gasteiger partial charge is 0.368 e. The first-order valence-corrected chi connectivity index (χ1v) is 7.32. The molecule has 1 fully saturated rings. The molecule has 0 aliphatic carbocycles. The summed E-state index contributed by atoms with van der Waals surface area (Å²) in [6.45, 7) is 2.22. The molecule has 0 radical (unpaired) electrons. The van der Waals surface area contributed by atoms with Gasteiger partial charge in [0.2, 0.25) is 0 Å². The zero-order chi connectivity index (χ0) is 13.5. The number of carbonyl (C=O) groups excluding carboxylic acids is 1. The number of aromatic nitrogens is 1. The summed E-state index contributed by atoms with van der Waals surface area (Å²) in [6, 6.07) is 8.32. The normalized spacial score (nSPS) is 22.2. The van der Waals surface area contributed by atoms with Crippen LogP contribution in [0.4, 0.5) is 0 Å². The molecule has 0 unspecified atom stereocenters. The summed E-state index contributed by atoms with van der Waals surface area (Å²) in [6.07, 6.45) is 2.57. The molecule has 4 rings (SSSR count). The van der Waals surface area contributed by atoms with Gasteiger partial charge < -0.3 is 14.6 Å². The number of hydrogen-bond acceptors (Lipinski definition) is 2. The molecule has 104 valence electrons. The predicted octanol–water partition coefficient (Wildman–Crippen LogP) is 2.23. The Morgan fingerprint density at radius 2 is 2.25 bits per heavy atom. The van der Waals surface area contributed by atoms with E-state index < -0.39 is 0 Å². The second-order valence-electron chi connectivity index (χ2n) is 5.64. The van der Waals surface area contributed by atoms with Gasteiger partial charge >= 0.3 is 0 Å². The molecule has 4 nitrogen and oxygen atoms in total. The number of carbonyl (C=O) groups is 1. The smallest absolute Gasteiger partial charge is 0.252 e. The lowest BCUT2D eigenvalue weighted by atomic mass is 10.0. The summed E-state index contributed by atoms with van der Waals surface area (Å²) in [5.41, 5.74) is 3.73. The van der Waals surface area contributed by atoms with E-state index in [1.165, 1.54) is 22.2 Å². The Labute approximate surface area is 117 Å². The molecule has 1 saturated heterocycles. The van der Waals surface area contributed by atoms with Gasteiger partial charge in [0.25, 0.3) is 5.91 Å². The number of nitrogens with zero attached hydrogens (tertiary/aromatic N) is 1. The number of fused-ring (bicyclic) bond motifs is 3. The fourth-order valence-electron chi connectivity index (χ4n) is 3.33. The van der Waals surface area contributed by atoms with Gasteiger partial charge in [0.05, 0.1) is 0 Å². The molecule has 4 heteroatoms. The molecule has 0 saturated carbocycles. The van der Waals surface area contributed by atoms with Crippen molar-refractivity contribution in [3.63, 3.8) is 0 Å². The Balaban J connectivity index is 1.63. The van der Waals surface area contributed by atoms with Gasteiger partial charge in [0.15, 0.2) is 0 Å². The minimum Gasteiger partial charge on any atom is -0.368 e. The van der Waals surface area contributed by atoms with Gasteiger partial charge in [0, 0.05) is 48.3 Å². The molecule has 2 aliphatic heterocycles. The maximum atomic E-state index is 12.5. The van der Waals surface area contributed by atoms with Crippen LogP contribution >= 0.6 is 0 Å². The van der Waals surface area contributed by atoms with Crippen LogP contribution in [-0.4, -0.2) is 35.0 Å². The van der Waals surface area contributed by atoms with Crippen LogP contribution in [0.15, 0.2) is 24.3 Å². The Morgan fingerprint density at radius 1 is 1.35 bits per heavy atom. The van der Waals surface area contributed by atoms with Crippen molar-refractivity contribution in [1.82, 2.24) is 9.88 Å². The van der Waals surface area contributed by atoms with Gasteiger partial charge in [-0.3, -0.25) is 4.79 Å². The number of benzene rings is 1. The highest BCUT2D eigenvalue weighted by molar-refractivity contribution is 5.87. The molecule has 1 atom stereocenters. The SMILES string of the molecule is O=C([C@H]1CCCO1)N1CCc2[nH]c3ccccc3c2C1. The van der Waals surface area contributed by atoms with Crippen LogP contribution in [0.2, 0.25) is 0 Å². The number of aromatic amines is 1. The number of H-pyrrole nitrogens is 1. The average molecular weight is 270 g/mol. The van der Waals surface area contributed by atoms with E-state index in [1.807, 2.05) is 11.0 Å². The van der Waals surface area contributed by atoms with Crippen molar-refractivity contribution in [3.8, 4) is 0 Å². The predicted molar refractivity (Wildman–Crippen MR) is 76.4 cm³/mol. The lowest BCUT2D eigenvalue weighted by molar-refractivity contribution is -0.141. The molecule has 20 heavy (non-hydrogen) atoms. The van der Waals surface area contributed by atoms with Crippen molar-refractivity contribution < 1.29 is 9.53 Å². The third kappa shape index (κ3) is 1.83. The van der Waals surface area contributed by atoms with Gasteiger partial charge in [-0.15, -0.1) is 0 Å². The zero-order valence-corrected chi connectivity index (χ0v) is 11.4. The molecule has 3 heterocycles. The van der Waals surface area contributed by atoms with Crippen molar-refractivity contribution in [3.05, 3.63) is 35.5 Å². The maximum Gasteiger partial charge on any atom is 0.252 e. The van der Waals surface area contributed by atoms with Gasteiger partial charge in [-0.2, -0.15) is 0 Å². The van der Waals surface area contributed by atoms with E-state index in [4.69, 9.17) is 4.74 Å². The first-order chi connectivity index (χ1) is 9.83. The fourth-order valence-corrected chi connectivity index (χ4v) is 3.33. The van der Waals surface area contributed by atoms with Crippen LogP contribution in [0.3, 0.4) is 0 Å². The van der Waals surface area contributed by atoms with Crippen LogP contribution in [0.1, 0.15) is 24.1 Å². The molecular weight excluding hydrogens is 252 g/mol. The summed E-state index contributed by atoms with van der Waals surface area (Å²) >= 11 is 0. The number of para-hydroxylation sites is 1. The van der Waals surface area contributed by atoms with E-state index in [0.29, 0.717) is 6.54 Å². The van der Waals surface area contributed by atoms with Gasteiger partial charge in [-0.25, -0.2) is 0 Å². The molecular formula is C16H18N2O2. The molecule has 1 amide bonds. The minimum atomic E-state index is -0.207. The number of nitrogens with one attached hydrogen (secondary N) is 1. The van der Waals surface area contributed by atoms with Crippen molar-refractivity contribution in [2.75, 3.05) is 13.2 Å². The zero-order valence-electron chi connectivity index (χ0n) is 11.4. The monoisotopic (exact) mass is 270 g/mol. The molecule has 1 aromatic carbocycles. The summed E-state index contributed by atoms with van der Waals surface area (Å²) in [5, 5.41) is 1.24. The summed E-state index contributed by atoms with van der Waals surface area (Å²) < 4.78 is 5.53. The van der Waals surface area contributed by atoms with E-state index in [9.17, 15) is 4.79 Å². The summed E-state index contributed by atoms with van der Waals surface area (Å²) in [4.78, 5) is 17.9. The summed E-state index contributed by atoms with van der Waals surface area (Å²) in [7, 11) is 0. The van der Waals surface area contributed by atoms with E-state index in [2.05, 4.69) is 23.2 Å². The topological polar surface area (TPSA) is 45.3 Å². The van der Waals surface area contributed by atoms with Gasteiger partial charge in [-0.1, -0.05) is 18.2 Å². The van der Waals surface area contributed by atoms with E-state index in [-0.39, 0.29) is 12.0 Å². The third-order valence-corrected chi connectivity index (χ3v) is 4.40. The summed E-state index contributed by atoms with van der Waals surface area (Å²) in [5.74, 6) is 0.165. The van der Waals surface area contributed by atoms with E-state index in [1.54, 1.807) is 0 Å². The molecule has 0 bridgehead atoms. The number of hydrogen-bond donors (Lipinski definition) is 1. The molecule has 0 spiro atoms. The van der Waals surface area contributed by atoms with Crippen molar-refractivity contribution in [1.29, 1.82) is 0 Å². The van der Waals surface area contributed by atoms with Crippen molar-refractivity contribution in [2.45, 2.75) is 31.9 Å². The Hall–Kier alpha value is -1.81. The number of ether oxygens (including phenoxy) is 1. The van der Waals surface area contributed by atoms with Crippen LogP contribution in [-0.2, 0) is 22.5 Å². The first kappa shape index (κ1) is 12.0. The first-order valence-electron chi connectivity index (χ1n) is 7.32. The number of amides is 1. The quantitative estimate of drug-likeness (QED) is 0.863. The molecule has 1 aromatic heterocycles. The van der Waals surface area contributed by atoms with Crippen LogP contribution in [0.25, 0.3) is 10.9 Å². The van der Waals surface area contributed by atoms with E-state index >= 15 is 0 Å². The average Bonchev–Trinajstić information content (AvgIpc) is 3.13.